The van der Waals surface area contributed by atoms with E-state index in [0.29, 0.717) is 19.5 Å². The highest BCUT2D eigenvalue weighted by atomic mass is 19.1. The molecule has 1 aromatic rings. The highest BCUT2D eigenvalue weighted by Crippen LogP contribution is 2.13. The molecule has 0 aromatic carbocycles. The number of hydrogen-bond donors (Lipinski definition) is 1. The minimum Gasteiger partial charge on any atom is -0.391 e. The molecule has 0 radical (unpaired) electrons. The number of aliphatic hydroxyl groups excluding tert-OH is 1. The van der Waals surface area contributed by atoms with Crippen LogP contribution in [0.2, 0.25) is 0 Å². The summed E-state index contributed by atoms with van der Waals surface area (Å²) in [5, 5.41) is 9.45. The van der Waals surface area contributed by atoms with Crippen molar-refractivity contribution >= 4 is 5.91 Å². The van der Waals surface area contributed by atoms with E-state index in [1.807, 2.05) is 0 Å². The number of hydrogen-bond acceptors (Lipinski definition) is 3. The molecule has 1 fully saturated rings. The van der Waals surface area contributed by atoms with Crippen LogP contribution in [-0.2, 0) is 0 Å². The molecule has 0 saturated carbocycles. The topological polar surface area (TPSA) is 53.4 Å². The molecule has 2 rings (SSSR count). The van der Waals surface area contributed by atoms with Crippen molar-refractivity contribution in [2.75, 3.05) is 13.1 Å². The van der Waals surface area contributed by atoms with Crippen LogP contribution in [0.5, 0.6) is 0 Å². The predicted octanol–water partition coefficient (Wildman–Crippen LogP) is 0.818. The molecular formula is C11H13FN2O2. The predicted molar refractivity (Wildman–Crippen MR) is 55.3 cm³/mol. The number of piperidine rings is 1. The van der Waals surface area contributed by atoms with E-state index in [1.54, 1.807) is 4.90 Å². The summed E-state index contributed by atoms with van der Waals surface area (Å²) in [4.78, 5) is 16.9. The second kappa shape index (κ2) is 4.57. The van der Waals surface area contributed by atoms with E-state index >= 15 is 0 Å². The highest BCUT2D eigenvalue weighted by Gasteiger charge is 2.23. The highest BCUT2D eigenvalue weighted by molar-refractivity contribution is 5.94. The van der Waals surface area contributed by atoms with Gasteiger partial charge in [0.15, 0.2) is 0 Å². The Hall–Kier alpha value is -1.49. The lowest BCUT2D eigenvalue weighted by atomic mass is 10.1. The molecule has 1 amide bonds. The lowest BCUT2D eigenvalue weighted by molar-refractivity contribution is 0.0473. The Morgan fingerprint density at radius 1 is 1.62 bits per heavy atom. The van der Waals surface area contributed by atoms with Crippen LogP contribution in [0.3, 0.4) is 0 Å². The van der Waals surface area contributed by atoms with Gasteiger partial charge in [-0.3, -0.25) is 4.79 Å². The number of aromatic nitrogens is 1. The lowest BCUT2D eigenvalue weighted by Crippen LogP contribution is -2.42. The van der Waals surface area contributed by atoms with Crippen LogP contribution < -0.4 is 0 Å². The zero-order chi connectivity index (χ0) is 11.5. The number of halogens is 1. The van der Waals surface area contributed by atoms with Gasteiger partial charge in [0.05, 0.1) is 6.10 Å². The number of carbonyl (C=O) groups excluding carboxylic acids is 1. The van der Waals surface area contributed by atoms with Crippen LogP contribution >= 0.6 is 0 Å². The van der Waals surface area contributed by atoms with Crippen LogP contribution in [0.25, 0.3) is 0 Å². The van der Waals surface area contributed by atoms with Crippen molar-refractivity contribution in [3.05, 3.63) is 29.8 Å². The average Bonchev–Trinajstić information content (AvgIpc) is 2.28. The molecule has 1 saturated heterocycles. The van der Waals surface area contributed by atoms with Crippen LogP contribution in [0.1, 0.15) is 23.2 Å². The fourth-order valence-electron chi connectivity index (χ4n) is 1.86. The molecule has 5 heteroatoms. The monoisotopic (exact) mass is 224 g/mol. The van der Waals surface area contributed by atoms with Gasteiger partial charge in [-0.15, -0.1) is 0 Å². The number of carbonyl (C=O) groups is 1. The number of aliphatic hydroxyl groups is 1. The quantitative estimate of drug-likeness (QED) is 0.718. The van der Waals surface area contributed by atoms with Crippen molar-refractivity contribution in [2.24, 2.45) is 0 Å². The smallest absolute Gasteiger partial charge is 0.254 e. The minimum atomic E-state index is -0.664. The van der Waals surface area contributed by atoms with Gasteiger partial charge in [0.25, 0.3) is 5.91 Å². The summed E-state index contributed by atoms with van der Waals surface area (Å²) >= 11 is 0. The van der Waals surface area contributed by atoms with E-state index in [-0.39, 0.29) is 11.5 Å². The maximum Gasteiger partial charge on any atom is 0.254 e. The molecule has 2 heterocycles. The Labute approximate surface area is 92.7 Å². The van der Waals surface area contributed by atoms with Gasteiger partial charge in [-0.2, -0.15) is 4.39 Å². The van der Waals surface area contributed by atoms with Crippen molar-refractivity contribution in [2.45, 2.75) is 18.9 Å². The molecule has 1 unspecified atom stereocenters. The second-order valence-electron chi connectivity index (χ2n) is 3.91. The summed E-state index contributed by atoms with van der Waals surface area (Å²) in [6, 6.07) is 2.59. The molecule has 0 spiro atoms. The van der Waals surface area contributed by atoms with E-state index in [2.05, 4.69) is 4.98 Å². The summed E-state index contributed by atoms with van der Waals surface area (Å²) in [6.07, 6.45) is 2.29. The number of amides is 1. The van der Waals surface area contributed by atoms with E-state index in [1.165, 1.54) is 12.3 Å². The molecule has 1 aliphatic rings. The van der Waals surface area contributed by atoms with Crippen LogP contribution in [0, 0.1) is 5.95 Å². The van der Waals surface area contributed by atoms with E-state index < -0.39 is 12.1 Å². The minimum absolute atomic E-state index is 0.250. The summed E-state index contributed by atoms with van der Waals surface area (Å²) in [7, 11) is 0. The third-order valence-electron chi connectivity index (χ3n) is 2.66. The van der Waals surface area contributed by atoms with Crippen molar-refractivity contribution < 1.29 is 14.3 Å². The van der Waals surface area contributed by atoms with Gasteiger partial charge in [0, 0.05) is 30.9 Å². The van der Waals surface area contributed by atoms with E-state index in [4.69, 9.17) is 0 Å². The largest absolute Gasteiger partial charge is 0.391 e. The lowest BCUT2D eigenvalue weighted by Gasteiger charge is -2.30. The van der Waals surface area contributed by atoms with Gasteiger partial charge < -0.3 is 10.0 Å². The molecule has 16 heavy (non-hydrogen) atoms. The number of rotatable bonds is 1. The molecule has 1 aromatic heterocycles. The van der Waals surface area contributed by atoms with Crippen LogP contribution in [0.4, 0.5) is 4.39 Å². The third kappa shape index (κ3) is 2.36. The number of nitrogens with zero attached hydrogens (tertiary/aromatic N) is 2. The molecule has 86 valence electrons. The van der Waals surface area contributed by atoms with E-state index in [0.717, 1.165) is 12.5 Å². The van der Waals surface area contributed by atoms with Crippen LogP contribution in [0.15, 0.2) is 18.3 Å². The standard InChI is InChI=1S/C11H13FN2O2/c12-10-6-8(3-4-13-10)11(16)14-5-1-2-9(15)7-14/h3-4,6,9,15H,1-2,5,7H2. The SMILES string of the molecule is O=C(c1ccnc(F)c1)N1CCCC(O)C1. The Bertz CT molecular complexity index is 397. The summed E-state index contributed by atoms with van der Waals surface area (Å²) in [5.74, 6) is -0.913. The van der Waals surface area contributed by atoms with Gasteiger partial charge in [-0.05, 0) is 18.9 Å². The Balaban J connectivity index is 2.12. The number of β-amino-alcohol motifs (C(OH)–C–C–N with tert-alkyl or cyclic N) is 1. The zero-order valence-corrected chi connectivity index (χ0v) is 8.77. The fourth-order valence-corrected chi connectivity index (χ4v) is 1.86. The van der Waals surface area contributed by atoms with Crippen molar-refractivity contribution in [3.63, 3.8) is 0 Å². The average molecular weight is 224 g/mol. The van der Waals surface area contributed by atoms with Gasteiger partial charge in [0.1, 0.15) is 0 Å². The summed E-state index contributed by atoms with van der Waals surface area (Å²) < 4.78 is 12.8. The first kappa shape index (κ1) is 11.0. The van der Waals surface area contributed by atoms with Gasteiger partial charge >= 0.3 is 0 Å². The van der Waals surface area contributed by atoms with Crippen LogP contribution in [-0.4, -0.2) is 40.1 Å². The van der Waals surface area contributed by atoms with Gasteiger partial charge in [-0.25, -0.2) is 4.98 Å². The van der Waals surface area contributed by atoms with Crippen molar-refractivity contribution in [3.8, 4) is 0 Å². The normalized spacial score (nSPS) is 20.9. The third-order valence-corrected chi connectivity index (χ3v) is 2.66. The molecule has 1 aliphatic heterocycles. The van der Waals surface area contributed by atoms with Crippen molar-refractivity contribution in [1.29, 1.82) is 0 Å². The first-order chi connectivity index (χ1) is 7.66. The maximum atomic E-state index is 12.8. The first-order valence-corrected chi connectivity index (χ1v) is 5.26. The summed E-state index contributed by atoms with van der Waals surface area (Å²) in [6.45, 7) is 0.933. The molecule has 0 aliphatic carbocycles. The number of likely N-dealkylation sites (tertiary alicyclic amines) is 1. The molecule has 1 N–H and O–H groups in total. The Kier molecular flexibility index (Phi) is 3.14. The molecule has 4 nitrogen and oxygen atoms in total. The van der Waals surface area contributed by atoms with Gasteiger partial charge in [-0.1, -0.05) is 0 Å². The second-order valence-corrected chi connectivity index (χ2v) is 3.91. The van der Waals surface area contributed by atoms with Crippen molar-refractivity contribution in [1.82, 2.24) is 9.88 Å². The Morgan fingerprint density at radius 2 is 2.44 bits per heavy atom. The van der Waals surface area contributed by atoms with E-state index in [9.17, 15) is 14.3 Å². The Morgan fingerprint density at radius 3 is 3.12 bits per heavy atom. The molecular weight excluding hydrogens is 211 g/mol. The maximum absolute atomic E-state index is 12.8. The number of pyridine rings is 1. The zero-order valence-electron chi connectivity index (χ0n) is 8.77. The molecule has 0 bridgehead atoms. The summed E-state index contributed by atoms with van der Waals surface area (Å²) in [5.41, 5.74) is 0.279. The first-order valence-electron chi connectivity index (χ1n) is 5.26. The fraction of sp³-hybridized carbons (Fsp3) is 0.455. The van der Waals surface area contributed by atoms with Gasteiger partial charge in [0.2, 0.25) is 5.95 Å². The molecule has 1 atom stereocenters.